The molecule has 0 spiro atoms. The van der Waals surface area contributed by atoms with Gasteiger partial charge in [-0.1, -0.05) is 12.8 Å². The molecule has 0 aromatic carbocycles. The van der Waals surface area contributed by atoms with E-state index in [1.165, 1.54) is 38.5 Å². The largest absolute Gasteiger partial charge is 0.371 e. The van der Waals surface area contributed by atoms with Gasteiger partial charge in [-0.2, -0.15) is 5.10 Å². The maximum atomic E-state index is 12.3. The molecule has 25 heavy (non-hydrogen) atoms. The number of piperazine rings is 1. The fraction of sp³-hybridized carbons (Fsp3) is 0.833. The number of carbonyl (C=O) groups is 1. The number of rotatable bonds is 7. The zero-order valence-corrected chi connectivity index (χ0v) is 15.0. The van der Waals surface area contributed by atoms with Crippen LogP contribution in [0, 0.1) is 5.92 Å². The molecule has 1 saturated heterocycles. The topological polar surface area (TPSA) is 74.3 Å². The highest BCUT2D eigenvalue weighted by Gasteiger charge is 2.28. The molecular weight excluding hydrogens is 318 g/mol. The van der Waals surface area contributed by atoms with Crippen molar-refractivity contribution in [2.45, 2.75) is 51.0 Å². The minimum atomic E-state index is 0.133. The zero-order valence-electron chi connectivity index (χ0n) is 15.0. The number of aromatic nitrogens is 3. The van der Waals surface area contributed by atoms with Crippen LogP contribution in [0.3, 0.4) is 0 Å². The number of carbonyl (C=O) groups excluding carboxylic acids is 1. The smallest absolute Gasteiger partial charge is 0.248 e. The fourth-order valence-corrected chi connectivity index (χ4v) is 3.85. The maximum absolute atomic E-state index is 12.3. The van der Waals surface area contributed by atoms with Gasteiger partial charge in [0.2, 0.25) is 5.91 Å². The van der Waals surface area contributed by atoms with Crippen LogP contribution < -0.4 is 0 Å². The van der Waals surface area contributed by atoms with Crippen molar-refractivity contribution in [3.63, 3.8) is 0 Å². The van der Waals surface area contributed by atoms with Crippen molar-refractivity contribution in [3.8, 4) is 0 Å². The Labute approximate surface area is 149 Å². The summed E-state index contributed by atoms with van der Waals surface area (Å²) in [5, 5.41) is 7.37. The van der Waals surface area contributed by atoms with Gasteiger partial charge in [0.25, 0.3) is 0 Å². The Kier molecular flexibility index (Phi) is 5.31. The standard InChI is InChI=1S/C18H29N5O2/c24-17(13-25-12-14-3-1-2-4-14)23-9-7-22(8-10-23)11-16-19-18(21-20-16)15-5-6-15/h14-15H,1-13H2,(H,19,20,21). The van der Waals surface area contributed by atoms with Gasteiger partial charge >= 0.3 is 0 Å². The molecule has 1 aliphatic heterocycles. The molecule has 138 valence electrons. The molecule has 7 heteroatoms. The third kappa shape index (κ3) is 4.58. The number of H-pyrrole nitrogens is 1. The van der Waals surface area contributed by atoms with E-state index in [0.29, 0.717) is 11.8 Å². The summed E-state index contributed by atoms with van der Waals surface area (Å²) in [6.07, 6.45) is 7.60. The lowest BCUT2D eigenvalue weighted by molar-refractivity contribution is -0.138. The van der Waals surface area contributed by atoms with Crippen LogP contribution >= 0.6 is 0 Å². The lowest BCUT2D eigenvalue weighted by atomic mass is 10.1. The van der Waals surface area contributed by atoms with E-state index in [-0.39, 0.29) is 12.5 Å². The number of aromatic amines is 1. The molecule has 3 aliphatic rings. The third-order valence-corrected chi connectivity index (χ3v) is 5.64. The Balaban J connectivity index is 1.15. The second-order valence-electron chi connectivity index (χ2n) is 7.74. The number of hydrogen-bond donors (Lipinski definition) is 1. The van der Waals surface area contributed by atoms with Gasteiger partial charge in [0, 0.05) is 32.1 Å². The van der Waals surface area contributed by atoms with Crippen molar-refractivity contribution >= 4 is 5.91 Å². The number of nitrogens with zero attached hydrogens (tertiary/aromatic N) is 4. The molecule has 2 aliphatic carbocycles. The quantitative estimate of drug-likeness (QED) is 0.810. The number of hydrogen-bond acceptors (Lipinski definition) is 5. The van der Waals surface area contributed by atoms with Gasteiger partial charge in [-0.25, -0.2) is 4.98 Å². The van der Waals surface area contributed by atoms with Crippen molar-refractivity contribution in [2.24, 2.45) is 5.92 Å². The lowest BCUT2D eigenvalue weighted by Crippen LogP contribution is -2.49. The Morgan fingerprint density at radius 1 is 1.12 bits per heavy atom. The first kappa shape index (κ1) is 17.0. The van der Waals surface area contributed by atoms with Crippen molar-refractivity contribution in [3.05, 3.63) is 11.6 Å². The van der Waals surface area contributed by atoms with E-state index in [0.717, 1.165) is 51.0 Å². The van der Waals surface area contributed by atoms with E-state index < -0.39 is 0 Å². The second kappa shape index (κ2) is 7.83. The molecule has 1 aromatic rings. The summed E-state index contributed by atoms with van der Waals surface area (Å²) in [5.74, 6) is 3.31. The normalized spacial score (nSPS) is 22.6. The average Bonchev–Trinajstić information content (AvgIpc) is 3.15. The van der Waals surface area contributed by atoms with Gasteiger partial charge in [0.15, 0.2) is 5.82 Å². The second-order valence-corrected chi connectivity index (χ2v) is 7.74. The Bertz CT molecular complexity index is 572. The van der Waals surface area contributed by atoms with Crippen LogP contribution in [0.2, 0.25) is 0 Å². The number of nitrogens with one attached hydrogen (secondary N) is 1. The molecule has 1 N–H and O–H groups in total. The first-order valence-electron chi connectivity index (χ1n) is 9.77. The van der Waals surface area contributed by atoms with Crippen molar-refractivity contribution in [1.29, 1.82) is 0 Å². The van der Waals surface area contributed by atoms with Crippen LogP contribution in [0.25, 0.3) is 0 Å². The molecule has 2 heterocycles. The van der Waals surface area contributed by atoms with Crippen LogP contribution in [0.4, 0.5) is 0 Å². The van der Waals surface area contributed by atoms with Crippen molar-refractivity contribution in [1.82, 2.24) is 25.0 Å². The highest BCUT2D eigenvalue weighted by Crippen LogP contribution is 2.37. The van der Waals surface area contributed by atoms with Crippen LogP contribution in [-0.4, -0.2) is 70.3 Å². The summed E-state index contributed by atoms with van der Waals surface area (Å²) >= 11 is 0. The molecule has 1 amide bonds. The van der Waals surface area contributed by atoms with E-state index in [4.69, 9.17) is 4.74 Å². The number of ether oxygens (including phenoxy) is 1. The molecule has 0 atom stereocenters. The van der Waals surface area contributed by atoms with Gasteiger partial charge in [0.1, 0.15) is 12.4 Å². The molecular formula is C18H29N5O2. The summed E-state index contributed by atoms with van der Waals surface area (Å²) in [7, 11) is 0. The number of amides is 1. The predicted octanol–water partition coefficient (Wildman–Crippen LogP) is 1.53. The SMILES string of the molecule is O=C(COCC1CCCC1)N1CCN(Cc2nc(C3CC3)n[nH]2)CC1. The van der Waals surface area contributed by atoms with E-state index >= 15 is 0 Å². The minimum Gasteiger partial charge on any atom is -0.371 e. The first-order chi connectivity index (χ1) is 12.3. The minimum absolute atomic E-state index is 0.133. The highest BCUT2D eigenvalue weighted by molar-refractivity contribution is 5.77. The Hall–Kier alpha value is -1.47. The van der Waals surface area contributed by atoms with Gasteiger partial charge in [-0.3, -0.25) is 14.8 Å². The summed E-state index contributed by atoms with van der Waals surface area (Å²) in [6.45, 7) is 5.09. The van der Waals surface area contributed by atoms with Crippen LogP contribution in [0.5, 0.6) is 0 Å². The van der Waals surface area contributed by atoms with Crippen molar-refractivity contribution in [2.75, 3.05) is 39.4 Å². The van der Waals surface area contributed by atoms with Gasteiger partial charge in [-0.15, -0.1) is 0 Å². The summed E-state index contributed by atoms with van der Waals surface area (Å²) in [4.78, 5) is 21.1. The highest BCUT2D eigenvalue weighted by atomic mass is 16.5. The lowest BCUT2D eigenvalue weighted by Gasteiger charge is -2.34. The summed E-state index contributed by atoms with van der Waals surface area (Å²) in [5.41, 5.74) is 0. The van der Waals surface area contributed by atoms with Crippen LogP contribution in [0.15, 0.2) is 0 Å². The van der Waals surface area contributed by atoms with Gasteiger partial charge < -0.3 is 9.64 Å². The van der Waals surface area contributed by atoms with E-state index in [1.54, 1.807) is 0 Å². The Morgan fingerprint density at radius 3 is 2.60 bits per heavy atom. The van der Waals surface area contributed by atoms with E-state index in [1.807, 2.05) is 4.90 Å². The van der Waals surface area contributed by atoms with Crippen LogP contribution in [0.1, 0.15) is 56.1 Å². The third-order valence-electron chi connectivity index (χ3n) is 5.64. The molecule has 1 aromatic heterocycles. The van der Waals surface area contributed by atoms with E-state index in [2.05, 4.69) is 20.1 Å². The maximum Gasteiger partial charge on any atom is 0.248 e. The van der Waals surface area contributed by atoms with Crippen LogP contribution in [-0.2, 0) is 16.1 Å². The summed E-state index contributed by atoms with van der Waals surface area (Å²) < 4.78 is 5.66. The van der Waals surface area contributed by atoms with Gasteiger partial charge in [-0.05, 0) is 31.6 Å². The molecule has 4 rings (SSSR count). The van der Waals surface area contributed by atoms with Gasteiger partial charge in [0.05, 0.1) is 13.2 Å². The summed E-state index contributed by atoms with van der Waals surface area (Å²) in [6, 6.07) is 0. The molecule has 0 radical (unpaired) electrons. The first-order valence-corrected chi connectivity index (χ1v) is 9.77. The fourth-order valence-electron chi connectivity index (χ4n) is 3.85. The van der Waals surface area contributed by atoms with Crippen molar-refractivity contribution < 1.29 is 9.53 Å². The zero-order chi connectivity index (χ0) is 17.1. The molecule has 3 fully saturated rings. The predicted molar refractivity (Wildman–Crippen MR) is 93.0 cm³/mol. The molecule has 7 nitrogen and oxygen atoms in total. The average molecular weight is 347 g/mol. The molecule has 0 bridgehead atoms. The monoisotopic (exact) mass is 347 g/mol. The molecule has 2 saturated carbocycles. The Morgan fingerprint density at radius 2 is 1.88 bits per heavy atom. The van der Waals surface area contributed by atoms with E-state index in [9.17, 15) is 4.79 Å². The molecule has 0 unspecified atom stereocenters.